The van der Waals surface area contributed by atoms with Gasteiger partial charge in [0, 0.05) is 12.6 Å². The molecular weight excluding hydrogens is 378 g/mol. The van der Waals surface area contributed by atoms with E-state index in [4.69, 9.17) is 9.47 Å². The van der Waals surface area contributed by atoms with Gasteiger partial charge in [-0.25, -0.2) is 4.79 Å². The van der Waals surface area contributed by atoms with Gasteiger partial charge in [0.25, 0.3) is 11.8 Å². The van der Waals surface area contributed by atoms with Crippen molar-refractivity contribution < 1.29 is 28.7 Å². The maximum absolute atomic E-state index is 12.4. The number of carbonyl (C=O) groups excluding carboxylic acids is 4. The zero-order valence-electron chi connectivity index (χ0n) is 15.5. The van der Waals surface area contributed by atoms with Gasteiger partial charge in [-0.2, -0.15) is 0 Å². The van der Waals surface area contributed by atoms with Crippen LogP contribution in [-0.4, -0.2) is 37.0 Å². The molecule has 0 radical (unpaired) electrons. The lowest BCUT2D eigenvalue weighted by molar-refractivity contribution is -0.158. The smallest absolute Gasteiger partial charge is 0.321 e. The van der Waals surface area contributed by atoms with Gasteiger partial charge in [0.05, 0.1) is 12.1 Å². The standard InChI is InChI=1S/C20H19N3O6/c1-21-20(27)23-19(26)17(12-7-3-2-4-8-12)29-16(24)11-15-18(25)22-13-9-5-6-10-14(13)28-15/h2-10,15,17H,11H2,1H3,(H,22,25)(H2,21,23,26,27). The number of ether oxygens (including phenoxy) is 2. The van der Waals surface area contributed by atoms with Crippen LogP contribution in [0.4, 0.5) is 10.5 Å². The molecule has 150 valence electrons. The zero-order chi connectivity index (χ0) is 20.8. The molecule has 0 fully saturated rings. The number of hydrogen-bond acceptors (Lipinski definition) is 6. The lowest BCUT2D eigenvalue weighted by atomic mass is 10.1. The van der Waals surface area contributed by atoms with E-state index in [2.05, 4.69) is 16.0 Å². The van der Waals surface area contributed by atoms with Gasteiger partial charge in [-0.3, -0.25) is 19.7 Å². The van der Waals surface area contributed by atoms with Crippen molar-refractivity contribution in [2.75, 3.05) is 12.4 Å². The van der Waals surface area contributed by atoms with Gasteiger partial charge < -0.3 is 20.1 Å². The lowest BCUT2D eigenvalue weighted by Gasteiger charge is -2.25. The number of para-hydroxylation sites is 2. The highest BCUT2D eigenvalue weighted by atomic mass is 16.6. The fraction of sp³-hybridized carbons (Fsp3) is 0.200. The van der Waals surface area contributed by atoms with Gasteiger partial charge in [0.1, 0.15) is 5.75 Å². The fourth-order valence-corrected chi connectivity index (χ4v) is 2.70. The Morgan fingerprint density at radius 3 is 2.52 bits per heavy atom. The van der Waals surface area contributed by atoms with E-state index >= 15 is 0 Å². The van der Waals surface area contributed by atoms with E-state index in [0.29, 0.717) is 17.0 Å². The molecule has 0 spiro atoms. The summed E-state index contributed by atoms with van der Waals surface area (Å²) in [5.41, 5.74) is 0.885. The summed E-state index contributed by atoms with van der Waals surface area (Å²) in [5.74, 6) is -1.71. The summed E-state index contributed by atoms with van der Waals surface area (Å²) >= 11 is 0. The van der Waals surface area contributed by atoms with Crippen molar-refractivity contribution in [3.8, 4) is 5.75 Å². The van der Waals surface area contributed by atoms with Crippen LogP contribution < -0.4 is 20.7 Å². The number of urea groups is 1. The molecule has 2 atom stereocenters. The van der Waals surface area contributed by atoms with Crippen LogP contribution in [-0.2, 0) is 19.1 Å². The summed E-state index contributed by atoms with van der Waals surface area (Å²) in [4.78, 5) is 48.5. The topological polar surface area (TPSA) is 123 Å². The highest BCUT2D eigenvalue weighted by molar-refractivity contribution is 6.00. The summed E-state index contributed by atoms with van der Waals surface area (Å²) < 4.78 is 10.9. The van der Waals surface area contributed by atoms with Crippen LogP contribution in [0.1, 0.15) is 18.1 Å². The minimum Gasteiger partial charge on any atom is -0.478 e. The van der Waals surface area contributed by atoms with E-state index in [1.54, 1.807) is 54.6 Å². The van der Waals surface area contributed by atoms with Crippen molar-refractivity contribution in [3.63, 3.8) is 0 Å². The second-order valence-electron chi connectivity index (χ2n) is 6.14. The van der Waals surface area contributed by atoms with Crippen molar-refractivity contribution >= 4 is 29.5 Å². The quantitative estimate of drug-likeness (QED) is 0.658. The molecule has 0 bridgehead atoms. The summed E-state index contributed by atoms with van der Waals surface area (Å²) in [5, 5.41) is 6.99. The summed E-state index contributed by atoms with van der Waals surface area (Å²) in [6.45, 7) is 0. The highest BCUT2D eigenvalue weighted by Gasteiger charge is 2.33. The van der Waals surface area contributed by atoms with Crippen molar-refractivity contribution in [3.05, 3.63) is 60.2 Å². The number of nitrogens with one attached hydrogen (secondary N) is 3. The molecule has 3 N–H and O–H groups in total. The molecule has 2 aromatic carbocycles. The Morgan fingerprint density at radius 2 is 1.79 bits per heavy atom. The SMILES string of the molecule is CNC(=O)NC(=O)C(OC(=O)CC1Oc2ccccc2NC1=O)c1ccccc1. The number of anilines is 1. The number of carbonyl (C=O) groups is 4. The Bertz CT molecular complexity index is 931. The molecule has 9 nitrogen and oxygen atoms in total. The van der Waals surface area contributed by atoms with Crippen LogP contribution in [0.3, 0.4) is 0 Å². The first kappa shape index (κ1) is 19.9. The van der Waals surface area contributed by atoms with Gasteiger partial charge in [0.2, 0.25) is 6.10 Å². The first-order chi connectivity index (χ1) is 14.0. The molecule has 1 aliphatic heterocycles. The maximum atomic E-state index is 12.4. The van der Waals surface area contributed by atoms with Crippen LogP contribution in [0.15, 0.2) is 54.6 Å². The third kappa shape index (κ3) is 4.89. The van der Waals surface area contributed by atoms with Gasteiger partial charge in [-0.15, -0.1) is 0 Å². The van der Waals surface area contributed by atoms with E-state index in [0.717, 1.165) is 0 Å². The molecule has 0 saturated heterocycles. The molecule has 1 aliphatic rings. The zero-order valence-corrected chi connectivity index (χ0v) is 15.5. The molecule has 0 aliphatic carbocycles. The van der Waals surface area contributed by atoms with E-state index in [-0.39, 0.29) is 0 Å². The van der Waals surface area contributed by atoms with Crippen molar-refractivity contribution in [2.45, 2.75) is 18.6 Å². The Kier molecular flexibility index (Phi) is 6.08. The number of fused-ring (bicyclic) bond motifs is 1. The Labute approximate surface area is 166 Å². The molecule has 29 heavy (non-hydrogen) atoms. The van der Waals surface area contributed by atoms with Crippen molar-refractivity contribution in [1.29, 1.82) is 0 Å². The van der Waals surface area contributed by atoms with E-state index in [1.807, 2.05) is 0 Å². The molecule has 1 heterocycles. The van der Waals surface area contributed by atoms with Crippen LogP contribution in [0.2, 0.25) is 0 Å². The second-order valence-corrected chi connectivity index (χ2v) is 6.14. The summed E-state index contributed by atoms with van der Waals surface area (Å²) in [6.07, 6.45) is -2.87. The Balaban J connectivity index is 1.71. The number of rotatable bonds is 5. The maximum Gasteiger partial charge on any atom is 0.321 e. The molecule has 2 aromatic rings. The summed E-state index contributed by atoms with van der Waals surface area (Å²) in [6, 6.07) is 14.3. The molecule has 0 aromatic heterocycles. The third-order valence-corrected chi connectivity index (χ3v) is 4.11. The normalized spacial score (nSPS) is 15.8. The highest BCUT2D eigenvalue weighted by Crippen LogP contribution is 2.30. The molecule has 2 unspecified atom stereocenters. The van der Waals surface area contributed by atoms with Gasteiger partial charge in [-0.1, -0.05) is 42.5 Å². The number of hydrogen-bond donors (Lipinski definition) is 3. The number of esters is 1. The largest absolute Gasteiger partial charge is 0.478 e. The van der Waals surface area contributed by atoms with Crippen molar-refractivity contribution in [1.82, 2.24) is 10.6 Å². The van der Waals surface area contributed by atoms with Gasteiger partial charge >= 0.3 is 12.0 Å². The van der Waals surface area contributed by atoms with E-state index in [9.17, 15) is 19.2 Å². The molecule has 3 rings (SSSR count). The van der Waals surface area contributed by atoms with Gasteiger partial charge in [-0.05, 0) is 12.1 Å². The number of imide groups is 1. The minimum absolute atomic E-state index is 0.376. The predicted molar refractivity (Wildman–Crippen MR) is 102 cm³/mol. The monoisotopic (exact) mass is 397 g/mol. The Hall–Kier alpha value is -3.88. The van der Waals surface area contributed by atoms with Gasteiger partial charge in [0.15, 0.2) is 6.10 Å². The molecule has 9 heteroatoms. The van der Waals surface area contributed by atoms with E-state index in [1.165, 1.54) is 7.05 Å². The predicted octanol–water partition coefficient (Wildman–Crippen LogP) is 1.52. The fourth-order valence-electron chi connectivity index (χ4n) is 2.70. The van der Waals surface area contributed by atoms with Crippen LogP contribution in [0.25, 0.3) is 0 Å². The average molecular weight is 397 g/mol. The van der Waals surface area contributed by atoms with Crippen LogP contribution in [0.5, 0.6) is 5.75 Å². The second kappa shape index (κ2) is 8.87. The third-order valence-electron chi connectivity index (χ3n) is 4.11. The minimum atomic E-state index is -1.36. The average Bonchev–Trinajstić information content (AvgIpc) is 2.73. The lowest BCUT2D eigenvalue weighted by Crippen LogP contribution is -2.42. The first-order valence-corrected chi connectivity index (χ1v) is 8.81. The summed E-state index contributed by atoms with van der Waals surface area (Å²) in [7, 11) is 1.35. The van der Waals surface area contributed by atoms with Crippen LogP contribution >= 0.6 is 0 Å². The van der Waals surface area contributed by atoms with Crippen LogP contribution in [0, 0.1) is 0 Å². The number of benzene rings is 2. The molecule has 0 saturated carbocycles. The van der Waals surface area contributed by atoms with Crippen molar-refractivity contribution in [2.24, 2.45) is 0 Å². The Morgan fingerprint density at radius 1 is 1.10 bits per heavy atom. The number of amides is 4. The van der Waals surface area contributed by atoms with E-state index < -0.39 is 42.4 Å². The molecule has 4 amide bonds. The first-order valence-electron chi connectivity index (χ1n) is 8.81. The molecular formula is C20H19N3O6.